The molecule has 9 heteroatoms. The van der Waals surface area contributed by atoms with Crippen molar-refractivity contribution in [2.75, 3.05) is 46.9 Å². The van der Waals surface area contributed by atoms with Gasteiger partial charge in [0, 0.05) is 38.8 Å². The number of likely N-dealkylation sites (tertiary alicyclic amines) is 1. The fourth-order valence-corrected chi connectivity index (χ4v) is 4.89. The first-order valence-corrected chi connectivity index (χ1v) is 11.9. The Morgan fingerprint density at radius 2 is 1.80 bits per heavy atom. The van der Waals surface area contributed by atoms with Crippen LogP contribution in [-0.2, 0) is 17.8 Å². The monoisotopic (exact) mass is 487 g/mol. The van der Waals surface area contributed by atoms with Crippen LogP contribution in [0.2, 0.25) is 0 Å². The van der Waals surface area contributed by atoms with E-state index in [9.17, 15) is 18.4 Å². The summed E-state index contributed by atoms with van der Waals surface area (Å²) in [6.07, 6.45) is 2.49. The average Bonchev–Trinajstić information content (AvgIpc) is 2.87. The number of benzene rings is 2. The van der Waals surface area contributed by atoms with Crippen molar-refractivity contribution < 1.29 is 27.8 Å². The molecule has 0 spiro atoms. The summed E-state index contributed by atoms with van der Waals surface area (Å²) in [5.41, 5.74) is 2.06. The highest BCUT2D eigenvalue weighted by atomic mass is 19.1. The summed E-state index contributed by atoms with van der Waals surface area (Å²) in [5, 5.41) is 2.68. The molecule has 1 atom stereocenters. The molecular weight excluding hydrogens is 456 g/mol. The Morgan fingerprint density at radius 1 is 1.06 bits per heavy atom. The average molecular weight is 488 g/mol. The van der Waals surface area contributed by atoms with Gasteiger partial charge in [-0.25, -0.2) is 8.78 Å². The Hall–Kier alpha value is -3.20. The van der Waals surface area contributed by atoms with Gasteiger partial charge in [-0.1, -0.05) is 0 Å². The quantitative estimate of drug-likeness (QED) is 0.650. The highest BCUT2D eigenvalue weighted by Gasteiger charge is 2.31. The lowest BCUT2D eigenvalue weighted by Crippen LogP contribution is -2.47. The van der Waals surface area contributed by atoms with Gasteiger partial charge in [0.2, 0.25) is 5.91 Å². The molecule has 4 rings (SSSR count). The van der Waals surface area contributed by atoms with Gasteiger partial charge in [0.05, 0.1) is 25.7 Å². The highest BCUT2D eigenvalue weighted by molar-refractivity contribution is 5.94. The number of fused-ring (bicyclic) bond motifs is 1. The van der Waals surface area contributed by atoms with Crippen LogP contribution < -0.4 is 14.8 Å². The third kappa shape index (κ3) is 5.73. The van der Waals surface area contributed by atoms with Gasteiger partial charge in [-0.05, 0) is 61.2 Å². The molecule has 1 unspecified atom stereocenters. The second kappa shape index (κ2) is 11.0. The molecule has 188 valence electrons. The van der Waals surface area contributed by atoms with Crippen molar-refractivity contribution in [3.8, 4) is 11.5 Å². The first-order valence-electron chi connectivity index (χ1n) is 11.9. The van der Waals surface area contributed by atoms with E-state index in [1.165, 1.54) is 5.56 Å². The van der Waals surface area contributed by atoms with Crippen LogP contribution in [-0.4, -0.2) is 68.6 Å². The number of nitrogens with one attached hydrogen (secondary N) is 1. The molecule has 0 saturated carbocycles. The minimum absolute atomic E-state index is 0.101. The Morgan fingerprint density at radius 3 is 2.51 bits per heavy atom. The van der Waals surface area contributed by atoms with Gasteiger partial charge in [0.15, 0.2) is 11.5 Å². The summed E-state index contributed by atoms with van der Waals surface area (Å²) in [7, 11) is 3.22. The number of hydrogen-bond acceptors (Lipinski definition) is 5. The standard InChI is InChI=1S/C26H31F2N3O4/c1-34-23-12-17-7-10-31(16-19(17)13-24(23)35-2)26(33)18-4-3-9-30(15-18)11-8-29-25(32)21-6-5-20(27)14-22(21)28/h5-6,12-14,18H,3-4,7-11,15-16H2,1-2H3,(H,29,32). The van der Waals surface area contributed by atoms with Crippen LogP contribution in [0, 0.1) is 17.6 Å². The summed E-state index contributed by atoms with van der Waals surface area (Å²) in [5.74, 6) is -0.783. The number of piperidine rings is 1. The maximum absolute atomic E-state index is 13.8. The van der Waals surface area contributed by atoms with Crippen molar-refractivity contribution in [2.45, 2.75) is 25.8 Å². The second-order valence-electron chi connectivity index (χ2n) is 9.01. The van der Waals surface area contributed by atoms with Crippen molar-refractivity contribution >= 4 is 11.8 Å². The van der Waals surface area contributed by atoms with E-state index in [0.29, 0.717) is 50.3 Å². The number of carbonyl (C=O) groups excluding carboxylic acids is 2. The lowest BCUT2D eigenvalue weighted by molar-refractivity contribution is -0.138. The molecule has 7 nitrogen and oxygen atoms in total. The molecule has 2 aliphatic heterocycles. The van der Waals surface area contributed by atoms with Crippen LogP contribution in [0.5, 0.6) is 11.5 Å². The van der Waals surface area contributed by atoms with Gasteiger partial charge in [-0.2, -0.15) is 0 Å². The molecule has 1 saturated heterocycles. The zero-order valence-electron chi connectivity index (χ0n) is 20.1. The largest absolute Gasteiger partial charge is 0.493 e. The SMILES string of the molecule is COc1cc2c(cc1OC)CN(C(=O)C1CCCN(CCNC(=O)c3ccc(F)cc3F)C1)CC2. The van der Waals surface area contributed by atoms with E-state index in [1.807, 2.05) is 17.0 Å². The summed E-state index contributed by atoms with van der Waals surface area (Å²) in [4.78, 5) is 29.6. The third-order valence-corrected chi connectivity index (χ3v) is 6.77. The van der Waals surface area contributed by atoms with Crippen LogP contribution in [0.4, 0.5) is 8.78 Å². The van der Waals surface area contributed by atoms with E-state index < -0.39 is 17.5 Å². The van der Waals surface area contributed by atoms with Gasteiger partial charge < -0.3 is 24.6 Å². The number of methoxy groups -OCH3 is 2. The molecular formula is C26H31F2N3O4. The van der Waals surface area contributed by atoms with Gasteiger partial charge >= 0.3 is 0 Å². The molecule has 2 aliphatic rings. The molecule has 35 heavy (non-hydrogen) atoms. The van der Waals surface area contributed by atoms with E-state index in [4.69, 9.17) is 9.47 Å². The number of rotatable bonds is 7. The van der Waals surface area contributed by atoms with Crippen LogP contribution in [0.15, 0.2) is 30.3 Å². The molecule has 2 amide bonds. The smallest absolute Gasteiger partial charge is 0.254 e. The first-order chi connectivity index (χ1) is 16.9. The summed E-state index contributed by atoms with van der Waals surface area (Å²) < 4.78 is 37.7. The molecule has 2 aromatic rings. The molecule has 2 aromatic carbocycles. The molecule has 1 N–H and O–H groups in total. The predicted octanol–water partition coefficient (Wildman–Crippen LogP) is 3.01. The normalized spacial score (nSPS) is 18.1. The zero-order chi connectivity index (χ0) is 24.9. The Labute approximate surface area is 204 Å². The van der Waals surface area contributed by atoms with E-state index >= 15 is 0 Å². The van der Waals surface area contributed by atoms with E-state index in [-0.39, 0.29) is 17.4 Å². The summed E-state index contributed by atoms with van der Waals surface area (Å²) in [6, 6.07) is 6.83. The molecule has 0 aliphatic carbocycles. The molecule has 2 heterocycles. The Balaban J connectivity index is 1.30. The Kier molecular flexibility index (Phi) is 7.85. The maximum atomic E-state index is 13.8. The fraction of sp³-hybridized carbons (Fsp3) is 0.462. The topological polar surface area (TPSA) is 71.1 Å². The first kappa shape index (κ1) is 24.9. The number of halogens is 2. The van der Waals surface area contributed by atoms with Crippen LogP contribution in [0.25, 0.3) is 0 Å². The number of hydrogen-bond donors (Lipinski definition) is 1. The Bertz CT molecular complexity index is 1090. The number of amides is 2. The van der Waals surface area contributed by atoms with Crippen LogP contribution in [0.3, 0.4) is 0 Å². The molecule has 1 fully saturated rings. The van der Waals surface area contributed by atoms with Gasteiger partial charge in [-0.3, -0.25) is 9.59 Å². The number of ether oxygens (including phenoxy) is 2. The minimum atomic E-state index is -0.884. The van der Waals surface area contributed by atoms with Crippen molar-refractivity contribution in [2.24, 2.45) is 5.92 Å². The summed E-state index contributed by atoms with van der Waals surface area (Å²) >= 11 is 0. The van der Waals surface area contributed by atoms with Crippen LogP contribution >= 0.6 is 0 Å². The lowest BCUT2D eigenvalue weighted by atomic mass is 9.93. The number of nitrogens with zero attached hydrogens (tertiary/aromatic N) is 2. The predicted molar refractivity (Wildman–Crippen MR) is 127 cm³/mol. The second-order valence-corrected chi connectivity index (χ2v) is 9.01. The molecule has 0 radical (unpaired) electrons. The maximum Gasteiger partial charge on any atom is 0.254 e. The zero-order valence-corrected chi connectivity index (χ0v) is 20.1. The van der Waals surface area contributed by atoms with Gasteiger partial charge in [0.1, 0.15) is 11.6 Å². The van der Waals surface area contributed by atoms with Crippen molar-refractivity contribution in [1.82, 2.24) is 15.1 Å². The minimum Gasteiger partial charge on any atom is -0.493 e. The van der Waals surface area contributed by atoms with Crippen molar-refractivity contribution in [3.63, 3.8) is 0 Å². The summed E-state index contributed by atoms with van der Waals surface area (Å²) in [6.45, 7) is 3.54. The number of carbonyl (C=O) groups is 2. The third-order valence-electron chi connectivity index (χ3n) is 6.77. The van der Waals surface area contributed by atoms with Crippen molar-refractivity contribution in [1.29, 1.82) is 0 Å². The molecule has 0 aromatic heterocycles. The lowest BCUT2D eigenvalue weighted by Gasteiger charge is -2.37. The fourth-order valence-electron chi connectivity index (χ4n) is 4.89. The van der Waals surface area contributed by atoms with Crippen molar-refractivity contribution in [3.05, 3.63) is 58.7 Å². The van der Waals surface area contributed by atoms with Gasteiger partial charge in [0.25, 0.3) is 5.91 Å². The van der Waals surface area contributed by atoms with E-state index in [1.54, 1.807) is 14.2 Å². The van der Waals surface area contributed by atoms with E-state index in [2.05, 4.69) is 10.2 Å². The van der Waals surface area contributed by atoms with Crippen LogP contribution in [0.1, 0.15) is 34.3 Å². The van der Waals surface area contributed by atoms with E-state index in [0.717, 1.165) is 43.5 Å². The molecule has 0 bridgehead atoms. The van der Waals surface area contributed by atoms with Gasteiger partial charge in [-0.15, -0.1) is 0 Å². The highest BCUT2D eigenvalue weighted by Crippen LogP contribution is 2.34.